The van der Waals surface area contributed by atoms with E-state index in [0.717, 1.165) is 40.3 Å². The van der Waals surface area contributed by atoms with Crippen molar-refractivity contribution in [2.45, 2.75) is 23.7 Å². The third-order valence-electron chi connectivity index (χ3n) is 5.00. The van der Waals surface area contributed by atoms with Crippen LogP contribution in [0.5, 0.6) is 0 Å². The largest absolute Gasteiger partial charge is 0.467 e. The van der Waals surface area contributed by atoms with Crippen molar-refractivity contribution in [3.05, 3.63) is 75.6 Å². The number of carbonyl (C=O) groups excluding carboxylic acids is 1. The van der Waals surface area contributed by atoms with Crippen molar-refractivity contribution < 1.29 is 22.7 Å². The standard InChI is InChI=1S/C21H16F3NO3S/c1-28-20(27)16-11-29-19-18(21(22,23)24)14(10-17(26)25(16)19)9-13-7-4-6-12-5-2-3-8-15(12)13/h2-8,10,16H,9,11H2,1H3/t16-/m0/s1. The summed E-state index contributed by atoms with van der Waals surface area (Å²) in [6.07, 6.45) is -4.70. The van der Waals surface area contributed by atoms with Gasteiger partial charge in [-0.2, -0.15) is 13.2 Å². The topological polar surface area (TPSA) is 48.3 Å². The van der Waals surface area contributed by atoms with E-state index in [4.69, 9.17) is 0 Å². The molecule has 3 aromatic rings. The van der Waals surface area contributed by atoms with Crippen LogP contribution in [-0.2, 0) is 22.1 Å². The van der Waals surface area contributed by atoms with Gasteiger partial charge in [-0.3, -0.25) is 9.36 Å². The summed E-state index contributed by atoms with van der Waals surface area (Å²) in [5, 5.41) is 1.52. The third kappa shape index (κ3) is 3.42. The molecule has 2 heterocycles. The van der Waals surface area contributed by atoms with Gasteiger partial charge in [-0.1, -0.05) is 42.5 Å². The molecule has 29 heavy (non-hydrogen) atoms. The van der Waals surface area contributed by atoms with Crippen molar-refractivity contribution in [2.75, 3.05) is 12.9 Å². The lowest BCUT2D eigenvalue weighted by Gasteiger charge is -2.19. The summed E-state index contributed by atoms with van der Waals surface area (Å²) in [4.78, 5) is 24.6. The maximum absolute atomic E-state index is 14.0. The molecule has 4 rings (SSSR count). The number of rotatable bonds is 3. The van der Waals surface area contributed by atoms with Gasteiger partial charge in [0.05, 0.1) is 17.7 Å². The zero-order chi connectivity index (χ0) is 20.8. The number of alkyl halides is 3. The number of fused-ring (bicyclic) bond motifs is 2. The van der Waals surface area contributed by atoms with Gasteiger partial charge in [-0.25, -0.2) is 4.79 Å². The lowest BCUT2D eigenvalue weighted by atomic mass is 9.96. The highest BCUT2D eigenvalue weighted by Gasteiger charge is 2.43. The molecule has 0 saturated carbocycles. The Morgan fingerprint density at radius 2 is 1.90 bits per heavy atom. The number of methoxy groups -OCH3 is 1. The Morgan fingerprint density at radius 1 is 1.17 bits per heavy atom. The first-order valence-electron chi connectivity index (χ1n) is 8.84. The normalized spacial score (nSPS) is 16.1. The quantitative estimate of drug-likeness (QED) is 0.590. The number of halogens is 3. The zero-order valence-corrected chi connectivity index (χ0v) is 16.1. The van der Waals surface area contributed by atoms with Crippen molar-refractivity contribution in [3.63, 3.8) is 0 Å². The van der Waals surface area contributed by atoms with E-state index in [1.807, 2.05) is 30.3 Å². The minimum Gasteiger partial charge on any atom is -0.467 e. The zero-order valence-electron chi connectivity index (χ0n) is 15.3. The van der Waals surface area contributed by atoms with E-state index in [0.29, 0.717) is 5.56 Å². The fourth-order valence-corrected chi connectivity index (χ4v) is 5.07. The Labute approximate surface area is 168 Å². The van der Waals surface area contributed by atoms with Crippen LogP contribution in [0.4, 0.5) is 13.2 Å². The Morgan fingerprint density at radius 3 is 2.62 bits per heavy atom. The predicted molar refractivity (Wildman–Crippen MR) is 104 cm³/mol. The Hall–Kier alpha value is -2.74. The van der Waals surface area contributed by atoms with Crippen molar-refractivity contribution in [1.29, 1.82) is 0 Å². The van der Waals surface area contributed by atoms with Crippen LogP contribution in [0, 0.1) is 0 Å². The molecule has 0 N–H and O–H groups in total. The molecule has 1 aromatic heterocycles. The van der Waals surface area contributed by atoms with Crippen molar-refractivity contribution in [2.24, 2.45) is 0 Å². The Kier molecular flexibility index (Phi) is 4.90. The highest BCUT2D eigenvalue weighted by atomic mass is 32.2. The lowest BCUT2D eigenvalue weighted by molar-refractivity contribution is -0.146. The van der Waals surface area contributed by atoms with E-state index >= 15 is 0 Å². The van der Waals surface area contributed by atoms with Crippen LogP contribution in [0.3, 0.4) is 0 Å². The van der Waals surface area contributed by atoms with Gasteiger partial charge in [-0.05, 0) is 28.3 Å². The number of hydrogen-bond donors (Lipinski definition) is 0. The minimum absolute atomic E-state index is 0.0305. The van der Waals surface area contributed by atoms with E-state index in [-0.39, 0.29) is 22.8 Å². The summed E-state index contributed by atoms with van der Waals surface area (Å²) in [7, 11) is 1.15. The molecule has 2 aromatic carbocycles. The molecule has 4 nitrogen and oxygen atoms in total. The molecular weight excluding hydrogens is 403 g/mol. The number of benzene rings is 2. The smallest absolute Gasteiger partial charge is 0.419 e. The molecule has 150 valence electrons. The van der Waals surface area contributed by atoms with Crippen molar-refractivity contribution in [3.8, 4) is 0 Å². The maximum atomic E-state index is 14.0. The van der Waals surface area contributed by atoms with Gasteiger partial charge in [0.25, 0.3) is 5.56 Å². The molecule has 8 heteroatoms. The molecule has 0 radical (unpaired) electrons. The summed E-state index contributed by atoms with van der Waals surface area (Å²) in [5.41, 5.74) is -0.890. The molecule has 0 saturated heterocycles. The van der Waals surface area contributed by atoms with Crippen LogP contribution < -0.4 is 5.56 Å². The van der Waals surface area contributed by atoms with Crippen LogP contribution in [0.2, 0.25) is 0 Å². The van der Waals surface area contributed by atoms with Gasteiger partial charge in [0.2, 0.25) is 0 Å². The van der Waals surface area contributed by atoms with Gasteiger partial charge in [0.15, 0.2) is 0 Å². The average molecular weight is 419 g/mol. The number of hydrogen-bond acceptors (Lipinski definition) is 4. The van der Waals surface area contributed by atoms with Crippen LogP contribution in [-0.4, -0.2) is 23.4 Å². The van der Waals surface area contributed by atoms with Gasteiger partial charge < -0.3 is 4.74 Å². The molecule has 0 amide bonds. The molecule has 1 aliphatic rings. The van der Waals surface area contributed by atoms with E-state index < -0.39 is 29.3 Å². The molecular formula is C21H16F3NO3S. The third-order valence-corrected chi connectivity index (χ3v) is 6.15. The number of carbonyl (C=O) groups is 1. The summed E-state index contributed by atoms with van der Waals surface area (Å²) >= 11 is 0.858. The predicted octanol–water partition coefficient (Wildman–Crippen LogP) is 4.43. The van der Waals surface area contributed by atoms with Crippen molar-refractivity contribution in [1.82, 2.24) is 4.57 Å². The molecule has 0 unspecified atom stereocenters. The summed E-state index contributed by atoms with van der Waals surface area (Å²) < 4.78 is 47.6. The summed E-state index contributed by atoms with van der Waals surface area (Å²) in [6, 6.07) is 12.8. The van der Waals surface area contributed by atoms with Gasteiger partial charge in [0.1, 0.15) is 6.04 Å². The number of pyridine rings is 1. The second-order valence-electron chi connectivity index (χ2n) is 6.72. The second kappa shape index (κ2) is 7.26. The highest BCUT2D eigenvalue weighted by Crippen LogP contribution is 2.44. The van der Waals surface area contributed by atoms with E-state index in [1.165, 1.54) is 0 Å². The fourth-order valence-electron chi connectivity index (χ4n) is 3.72. The lowest BCUT2D eigenvalue weighted by Crippen LogP contribution is -2.31. The molecule has 1 aliphatic heterocycles. The number of esters is 1. The number of ether oxygens (including phenoxy) is 1. The molecule has 0 bridgehead atoms. The van der Waals surface area contributed by atoms with Crippen molar-refractivity contribution >= 4 is 28.5 Å². The fraction of sp³-hybridized carbons (Fsp3) is 0.238. The first-order valence-corrected chi connectivity index (χ1v) is 9.82. The van der Waals surface area contributed by atoms with Crippen LogP contribution >= 0.6 is 11.8 Å². The van der Waals surface area contributed by atoms with Crippen LogP contribution in [0.15, 0.2) is 58.4 Å². The number of aromatic nitrogens is 1. The van der Waals surface area contributed by atoms with Crippen LogP contribution in [0.25, 0.3) is 10.8 Å². The molecule has 0 fully saturated rings. The number of nitrogens with zero attached hydrogens (tertiary/aromatic N) is 1. The van der Waals surface area contributed by atoms with E-state index in [2.05, 4.69) is 4.74 Å². The van der Waals surface area contributed by atoms with Crippen LogP contribution in [0.1, 0.15) is 22.7 Å². The van der Waals surface area contributed by atoms with Gasteiger partial charge >= 0.3 is 12.1 Å². The summed E-state index contributed by atoms with van der Waals surface area (Å²) in [6.45, 7) is 0. The molecule has 0 aliphatic carbocycles. The van der Waals surface area contributed by atoms with E-state index in [9.17, 15) is 22.8 Å². The Balaban J connectivity index is 1.90. The second-order valence-corrected chi connectivity index (χ2v) is 7.73. The first kappa shape index (κ1) is 19.6. The summed E-state index contributed by atoms with van der Waals surface area (Å²) in [5.74, 6) is -0.698. The molecule has 0 spiro atoms. The van der Waals surface area contributed by atoms with E-state index in [1.54, 1.807) is 12.1 Å². The highest BCUT2D eigenvalue weighted by molar-refractivity contribution is 7.99. The Bertz CT molecular complexity index is 1160. The molecule has 1 atom stereocenters. The minimum atomic E-state index is -4.66. The average Bonchev–Trinajstić information content (AvgIpc) is 3.12. The van der Waals surface area contributed by atoms with Gasteiger partial charge in [0, 0.05) is 11.8 Å². The monoisotopic (exact) mass is 419 g/mol. The maximum Gasteiger partial charge on any atom is 0.419 e. The number of thioether (sulfide) groups is 1. The first-order chi connectivity index (χ1) is 13.8. The van der Waals surface area contributed by atoms with Gasteiger partial charge in [-0.15, -0.1) is 11.8 Å². The SMILES string of the molecule is COC(=O)[C@@H]1CSc2c(C(F)(F)F)c(Cc3cccc4ccccc34)cc(=O)n21.